The van der Waals surface area contributed by atoms with Gasteiger partial charge in [0, 0.05) is 69.0 Å². The van der Waals surface area contributed by atoms with Gasteiger partial charge in [-0.3, -0.25) is 14.5 Å². The molecule has 2 saturated heterocycles. The van der Waals surface area contributed by atoms with Gasteiger partial charge in [0.25, 0.3) is 0 Å². The number of ether oxygens (including phenoxy) is 1. The molecule has 2 heterocycles. The van der Waals surface area contributed by atoms with E-state index in [9.17, 15) is 9.59 Å². The van der Waals surface area contributed by atoms with Crippen LogP contribution in [0.25, 0.3) is 0 Å². The summed E-state index contributed by atoms with van der Waals surface area (Å²) >= 11 is 6.40. The van der Waals surface area contributed by atoms with Crippen molar-refractivity contribution >= 4 is 29.1 Å². The molecule has 1 unspecified atom stereocenters. The van der Waals surface area contributed by atoms with E-state index in [2.05, 4.69) is 22.0 Å². The predicted octanol–water partition coefficient (Wildman–Crippen LogP) is 3.85. The highest BCUT2D eigenvalue weighted by Crippen LogP contribution is 2.33. The van der Waals surface area contributed by atoms with Crippen LogP contribution in [0.1, 0.15) is 50.2 Å². The summed E-state index contributed by atoms with van der Waals surface area (Å²) in [5.41, 5.74) is 2.97. The largest absolute Gasteiger partial charge is 0.381 e. The molecule has 1 aliphatic carbocycles. The Balaban J connectivity index is 1.35. The molecular weight excluding hydrogens is 414 g/mol. The quantitative estimate of drug-likeness (QED) is 0.689. The maximum absolute atomic E-state index is 12.5. The smallest absolute Gasteiger partial charge is 0.224 e. The van der Waals surface area contributed by atoms with Gasteiger partial charge < -0.3 is 15.0 Å². The highest BCUT2D eigenvalue weighted by molar-refractivity contribution is 6.31. The SMILES string of the molecule is Cc1c(CN2CCN(C(=O)CC3CC3)[C@@H](C)C2)cc(Cl)cc1NC(=O)CC1CCOC1. The van der Waals surface area contributed by atoms with Crippen molar-refractivity contribution in [1.82, 2.24) is 9.80 Å². The average molecular weight is 448 g/mol. The van der Waals surface area contributed by atoms with Crippen molar-refractivity contribution in [2.45, 2.75) is 58.5 Å². The van der Waals surface area contributed by atoms with Crippen molar-refractivity contribution in [3.8, 4) is 0 Å². The molecule has 31 heavy (non-hydrogen) atoms. The summed E-state index contributed by atoms with van der Waals surface area (Å²) in [5, 5.41) is 3.69. The van der Waals surface area contributed by atoms with E-state index in [0.29, 0.717) is 42.2 Å². The number of anilines is 1. The van der Waals surface area contributed by atoms with E-state index in [4.69, 9.17) is 16.3 Å². The Kier molecular flexibility index (Phi) is 7.19. The number of rotatable bonds is 7. The summed E-state index contributed by atoms with van der Waals surface area (Å²) < 4.78 is 5.38. The van der Waals surface area contributed by atoms with Crippen molar-refractivity contribution in [3.05, 3.63) is 28.3 Å². The molecular formula is C24H34ClN3O3. The molecule has 4 rings (SSSR count). The van der Waals surface area contributed by atoms with Crippen molar-refractivity contribution in [3.63, 3.8) is 0 Å². The molecule has 1 aromatic carbocycles. The molecule has 3 aliphatic rings. The third-order valence-corrected chi connectivity index (χ3v) is 7.06. The molecule has 2 amide bonds. The molecule has 6 nitrogen and oxygen atoms in total. The molecule has 170 valence electrons. The lowest BCUT2D eigenvalue weighted by Gasteiger charge is -2.40. The van der Waals surface area contributed by atoms with Gasteiger partial charge in [-0.05, 0) is 68.2 Å². The Labute approximate surface area is 190 Å². The highest BCUT2D eigenvalue weighted by atomic mass is 35.5. The van der Waals surface area contributed by atoms with Crippen LogP contribution in [0.15, 0.2) is 12.1 Å². The van der Waals surface area contributed by atoms with E-state index in [0.717, 1.165) is 56.0 Å². The first kappa shape index (κ1) is 22.6. The summed E-state index contributed by atoms with van der Waals surface area (Å²) in [6, 6.07) is 4.04. The van der Waals surface area contributed by atoms with Crippen LogP contribution in [0.2, 0.25) is 5.02 Å². The minimum Gasteiger partial charge on any atom is -0.381 e. The van der Waals surface area contributed by atoms with E-state index in [1.165, 1.54) is 12.8 Å². The number of piperazine rings is 1. The molecule has 1 aromatic rings. The van der Waals surface area contributed by atoms with Gasteiger partial charge in [0.1, 0.15) is 0 Å². The molecule has 3 fully saturated rings. The minimum absolute atomic E-state index is 0.0169. The van der Waals surface area contributed by atoms with Gasteiger partial charge in [0.05, 0.1) is 0 Å². The normalized spacial score (nSPS) is 24.4. The third kappa shape index (κ3) is 5.99. The Hall–Kier alpha value is -1.63. The van der Waals surface area contributed by atoms with Gasteiger partial charge >= 0.3 is 0 Å². The summed E-state index contributed by atoms with van der Waals surface area (Å²) in [6.07, 6.45) is 4.56. The first-order chi connectivity index (χ1) is 14.9. The summed E-state index contributed by atoms with van der Waals surface area (Å²) in [6.45, 7) is 8.84. The molecule has 2 atom stereocenters. The summed E-state index contributed by atoms with van der Waals surface area (Å²) in [4.78, 5) is 29.5. The first-order valence-corrected chi connectivity index (χ1v) is 11.9. The van der Waals surface area contributed by atoms with E-state index in [1.54, 1.807) is 0 Å². The van der Waals surface area contributed by atoms with Crippen molar-refractivity contribution in [2.24, 2.45) is 11.8 Å². The number of carbonyl (C=O) groups is 2. The molecule has 0 bridgehead atoms. The Bertz CT molecular complexity index is 821. The number of carbonyl (C=O) groups excluding carboxylic acids is 2. The number of amides is 2. The van der Waals surface area contributed by atoms with E-state index < -0.39 is 0 Å². The van der Waals surface area contributed by atoms with Crippen LogP contribution in [0.4, 0.5) is 5.69 Å². The number of hydrogen-bond donors (Lipinski definition) is 1. The first-order valence-electron chi connectivity index (χ1n) is 11.6. The Morgan fingerprint density at radius 1 is 1.16 bits per heavy atom. The van der Waals surface area contributed by atoms with Crippen LogP contribution in [0, 0.1) is 18.8 Å². The lowest BCUT2D eigenvalue weighted by molar-refractivity contribution is -0.136. The Morgan fingerprint density at radius 2 is 1.97 bits per heavy atom. The lowest BCUT2D eigenvalue weighted by atomic mass is 10.0. The maximum Gasteiger partial charge on any atom is 0.224 e. The lowest BCUT2D eigenvalue weighted by Crippen LogP contribution is -2.53. The molecule has 0 radical (unpaired) electrons. The average Bonchev–Trinajstić information content (AvgIpc) is 3.37. The number of benzene rings is 1. The van der Waals surface area contributed by atoms with Crippen LogP contribution in [-0.4, -0.2) is 60.5 Å². The van der Waals surface area contributed by atoms with E-state index in [1.807, 2.05) is 19.1 Å². The number of nitrogens with zero attached hydrogens (tertiary/aromatic N) is 2. The minimum atomic E-state index is 0.0169. The fraction of sp³-hybridized carbons (Fsp3) is 0.667. The van der Waals surface area contributed by atoms with Gasteiger partial charge in [-0.1, -0.05) is 11.6 Å². The van der Waals surface area contributed by atoms with Gasteiger partial charge in [-0.15, -0.1) is 0 Å². The maximum atomic E-state index is 12.5. The summed E-state index contributed by atoms with van der Waals surface area (Å²) in [5.74, 6) is 1.26. The molecule has 0 aromatic heterocycles. The second-order valence-corrected chi connectivity index (χ2v) is 9.97. The zero-order valence-corrected chi connectivity index (χ0v) is 19.4. The van der Waals surface area contributed by atoms with E-state index >= 15 is 0 Å². The van der Waals surface area contributed by atoms with Crippen LogP contribution in [-0.2, 0) is 20.9 Å². The monoisotopic (exact) mass is 447 g/mol. The van der Waals surface area contributed by atoms with Crippen molar-refractivity contribution in [1.29, 1.82) is 0 Å². The van der Waals surface area contributed by atoms with Crippen LogP contribution in [0.5, 0.6) is 0 Å². The molecule has 1 saturated carbocycles. The highest BCUT2D eigenvalue weighted by Gasteiger charge is 2.32. The van der Waals surface area contributed by atoms with Gasteiger partial charge in [-0.25, -0.2) is 0 Å². The Morgan fingerprint density at radius 3 is 2.65 bits per heavy atom. The third-order valence-electron chi connectivity index (χ3n) is 6.84. The fourth-order valence-corrected chi connectivity index (χ4v) is 4.95. The molecule has 0 spiro atoms. The van der Waals surface area contributed by atoms with Crippen LogP contribution >= 0.6 is 11.6 Å². The zero-order valence-electron chi connectivity index (χ0n) is 18.7. The molecule has 2 aliphatic heterocycles. The van der Waals surface area contributed by atoms with Crippen LogP contribution < -0.4 is 5.32 Å². The molecule has 7 heteroatoms. The van der Waals surface area contributed by atoms with Gasteiger partial charge in [-0.2, -0.15) is 0 Å². The second-order valence-electron chi connectivity index (χ2n) is 9.54. The van der Waals surface area contributed by atoms with E-state index in [-0.39, 0.29) is 11.9 Å². The number of hydrogen-bond acceptors (Lipinski definition) is 4. The standard InChI is InChI=1S/C24H34ClN3O3/c1-16-13-27(6-7-28(16)24(30)10-18-3-4-18)14-20-11-21(25)12-22(17(20)2)26-23(29)9-19-5-8-31-15-19/h11-12,16,18-19H,3-10,13-15H2,1-2H3,(H,26,29)/t16-,19?/m0/s1. The van der Waals surface area contributed by atoms with Crippen molar-refractivity contribution in [2.75, 3.05) is 38.2 Å². The summed E-state index contributed by atoms with van der Waals surface area (Å²) in [7, 11) is 0. The second kappa shape index (κ2) is 9.88. The fourth-order valence-electron chi connectivity index (χ4n) is 4.71. The topological polar surface area (TPSA) is 61.9 Å². The predicted molar refractivity (Wildman–Crippen MR) is 122 cm³/mol. The van der Waals surface area contributed by atoms with Gasteiger partial charge in [0.15, 0.2) is 0 Å². The number of halogens is 1. The van der Waals surface area contributed by atoms with Gasteiger partial charge in [0.2, 0.25) is 11.8 Å². The molecule has 1 N–H and O–H groups in total. The number of nitrogens with one attached hydrogen (secondary N) is 1. The van der Waals surface area contributed by atoms with Crippen molar-refractivity contribution < 1.29 is 14.3 Å². The zero-order chi connectivity index (χ0) is 22.0. The van der Waals surface area contributed by atoms with Crippen LogP contribution in [0.3, 0.4) is 0 Å².